The number of aliphatic carboxylic acids is 1. The van der Waals surface area contributed by atoms with E-state index >= 15 is 0 Å². The van der Waals surface area contributed by atoms with Crippen molar-refractivity contribution in [2.45, 2.75) is 19.4 Å². The highest BCUT2D eigenvalue weighted by Crippen LogP contribution is 2.24. The molecule has 0 saturated heterocycles. The molecule has 0 spiro atoms. The highest BCUT2D eigenvalue weighted by molar-refractivity contribution is 5.77. The molecule has 1 rings (SSSR count). The molecule has 0 radical (unpaired) electrons. The Morgan fingerprint density at radius 1 is 1.33 bits per heavy atom. The molecule has 21 heavy (non-hydrogen) atoms. The van der Waals surface area contributed by atoms with Gasteiger partial charge < -0.3 is 15.7 Å². The molecule has 114 valence electrons. The molecule has 0 heterocycles. The van der Waals surface area contributed by atoms with Gasteiger partial charge >= 0.3 is 5.97 Å². The number of carboxylic acids is 1. The van der Waals surface area contributed by atoms with Crippen molar-refractivity contribution in [2.24, 2.45) is 0 Å². The average Bonchev–Trinajstić information content (AvgIpc) is 2.42. The third-order valence-electron chi connectivity index (χ3n) is 2.77. The lowest BCUT2D eigenvalue weighted by Gasteiger charge is -2.15. The maximum Gasteiger partial charge on any atom is 0.325 e. The maximum atomic E-state index is 11.3. The van der Waals surface area contributed by atoms with Gasteiger partial charge in [0.25, 0.3) is 5.69 Å². The van der Waals surface area contributed by atoms with Crippen molar-refractivity contribution in [1.82, 2.24) is 10.6 Å². The number of amides is 1. The minimum Gasteiger partial charge on any atom is -0.480 e. The molecule has 0 aliphatic carbocycles. The summed E-state index contributed by atoms with van der Waals surface area (Å²) in [6, 6.07) is 4.56. The van der Waals surface area contributed by atoms with E-state index in [9.17, 15) is 24.8 Å². The highest BCUT2D eigenvalue weighted by atomic mass is 16.6. The number of nitro groups is 1. The number of carbonyl (C=O) groups excluding carboxylic acids is 1. The van der Waals surface area contributed by atoms with Crippen LogP contribution >= 0.6 is 0 Å². The van der Waals surface area contributed by atoms with Crippen LogP contribution in [0.5, 0.6) is 0 Å². The molecule has 3 N–H and O–H groups in total. The lowest BCUT2D eigenvalue weighted by molar-refractivity contribution is -0.385. The molecule has 0 bridgehead atoms. The topological polar surface area (TPSA) is 122 Å². The van der Waals surface area contributed by atoms with E-state index in [1.54, 1.807) is 6.07 Å². The fourth-order valence-electron chi connectivity index (χ4n) is 1.83. The first kappa shape index (κ1) is 16.6. The molecule has 8 nitrogen and oxygen atoms in total. The Kier molecular flexibility index (Phi) is 6.28. The predicted octanol–water partition coefficient (Wildman–Crippen LogP) is 0.836. The van der Waals surface area contributed by atoms with Crippen LogP contribution in [0.4, 0.5) is 5.69 Å². The fourth-order valence-corrected chi connectivity index (χ4v) is 1.83. The zero-order valence-electron chi connectivity index (χ0n) is 11.5. The molecular formula is C13H17N3O5. The highest BCUT2D eigenvalue weighted by Gasteiger charge is 2.26. The molecule has 0 fully saturated rings. The fraction of sp³-hybridized carbons (Fsp3) is 0.385. The van der Waals surface area contributed by atoms with Gasteiger partial charge in [-0.3, -0.25) is 19.7 Å². The van der Waals surface area contributed by atoms with Crippen LogP contribution < -0.4 is 10.6 Å². The lowest BCUT2D eigenvalue weighted by atomic mass is 10.0. The van der Waals surface area contributed by atoms with E-state index in [-0.39, 0.29) is 17.2 Å². The summed E-state index contributed by atoms with van der Waals surface area (Å²) < 4.78 is 0. The van der Waals surface area contributed by atoms with Crippen LogP contribution in [-0.2, 0) is 9.59 Å². The number of carbonyl (C=O) groups is 2. The predicted molar refractivity (Wildman–Crippen MR) is 74.8 cm³/mol. The molecule has 0 aliphatic heterocycles. The third kappa shape index (κ3) is 5.19. The van der Waals surface area contributed by atoms with E-state index in [2.05, 4.69) is 10.6 Å². The van der Waals surface area contributed by atoms with Gasteiger partial charge in [0, 0.05) is 19.5 Å². The number of carboxylic acid groups (broad SMARTS) is 1. The van der Waals surface area contributed by atoms with Gasteiger partial charge in [-0.05, 0) is 19.0 Å². The zero-order chi connectivity index (χ0) is 15.8. The van der Waals surface area contributed by atoms with Crippen molar-refractivity contribution in [1.29, 1.82) is 0 Å². The second kappa shape index (κ2) is 7.95. The van der Waals surface area contributed by atoms with Crippen molar-refractivity contribution >= 4 is 17.6 Å². The number of nitrogens with zero attached hydrogens (tertiary/aromatic N) is 1. The number of benzene rings is 1. The summed E-state index contributed by atoms with van der Waals surface area (Å²) in [5.41, 5.74) is -0.131. The van der Waals surface area contributed by atoms with Gasteiger partial charge in [0.15, 0.2) is 0 Å². The minimum atomic E-state index is -1.19. The van der Waals surface area contributed by atoms with Gasteiger partial charge in [-0.15, -0.1) is 0 Å². The molecular weight excluding hydrogens is 278 g/mol. The van der Waals surface area contributed by atoms with Crippen LogP contribution in [-0.4, -0.2) is 35.0 Å². The van der Waals surface area contributed by atoms with Gasteiger partial charge in [-0.25, -0.2) is 0 Å². The van der Waals surface area contributed by atoms with E-state index in [1.165, 1.54) is 25.1 Å². The summed E-state index contributed by atoms with van der Waals surface area (Å²) in [4.78, 5) is 32.3. The Hall–Kier alpha value is -2.48. The van der Waals surface area contributed by atoms with E-state index in [0.717, 1.165) is 0 Å². The first-order chi connectivity index (χ1) is 9.93. The molecule has 0 aliphatic rings. The van der Waals surface area contributed by atoms with Crippen molar-refractivity contribution in [3.05, 3.63) is 39.9 Å². The Morgan fingerprint density at radius 3 is 2.57 bits per heavy atom. The van der Waals surface area contributed by atoms with Gasteiger partial charge in [-0.1, -0.05) is 12.1 Å². The third-order valence-corrected chi connectivity index (χ3v) is 2.77. The summed E-state index contributed by atoms with van der Waals surface area (Å²) in [7, 11) is 0. The van der Waals surface area contributed by atoms with Crippen molar-refractivity contribution in [3.63, 3.8) is 0 Å². The lowest BCUT2D eigenvalue weighted by Crippen LogP contribution is -2.32. The number of hydrogen-bond acceptors (Lipinski definition) is 5. The molecule has 1 aromatic carbocycles. The second-order valence-corrected chi connectivity index (χ2v) is 4.38. The van der Waals surface area contributed by atoms with Crippen LogP contribution in [0.3, 0.4) is 0 Å². The Bertz CT molecular complexity index is 532. The van der Waals surface area contributed by atoms with Crippen molar-refractivity contribution < 1.29 is 19.6 Å². The molecule has 0 aromatic heterocycles. The van der Waals surface area contributed by atoms with E-state index in [4.69, 9.17) is 0 Å². The number of para-hydroxylation sites is 1. The number of nitro benzene ring substituents is 1. The van der Waals surface area contributed by atoms with E-state index < -0.39 is 16.9 Å². The SMILES string of the molecule is CC(=O)NCCCNC(C(=O)O)c1ccccc1[N+](=O)[O-]. The van der Waals surface area contributed by atoms with Crippen LogP contribution in [0.2, 0.25) is 0 Å². The summed E-state index contributed by atoms with van der Waals surface area (Å²) in [5.74, 6) is -1.35. The van der Waals surface area contributed by atoms with Gasteiger partial charge in [0.05, 0.1) is 10.5 Å². The zero-order valence-corrected chi connectivity index (χ0v) is 11.5. The van der Waals surface area contributed by atoms with E-state index in [1.807, 2.05) is 0 Å². The molecule has 1 aromatic rings. The molecule has 1 unspecified atom stereocenters. The van der Waals surface area contributed by atoms with Crippen LogP contribution in [0.1, 0.15) is 24.9 Å². The Morgan fingerprint density at radius 2 is 2.00 bits per heavy atom. The first-order valence-electron chi connectivity index (χ1n) is 6.37. The summed E-state index contributed by atoms with van der Waals surface area (Å²) in [6.45, 7) is 2.11. The summed E-state index contributed by atoms with van der Waals surface area (Å²) >= 11 is 0. The van der Waals surface area contributed by atoms with Gasteiger partial charge in [-0.2, -0.15) is 0 Å². The molecule has 1 amide bonds. The van der Waals surface area contributed by atoms with Gasteiger partial charge in [0.1, 0.15) is 6.04 Å². The van der Waals surface area contributed by atoms with Crippen LogP contribution in [0, 0.1) is 10.1 Å². The maximum absolute atomic E-state index is 11.3. The average molecular weight is 295 g/mol. The number of hydrogen-bond donors (Lipinski definition) is 3. The number of nitrogens with one attached hydrogen (secondary N) is 2. The van der Waals surface area contributed by atoms with Crippen LogP contribution in [0.25, 0.3) is 0 Å². The first-order valence-corrected chi connectivity index (χ1v) is 6.37. The minimum absolute atomic E-state index is 0.106. The Balaban J connectivity index is 2.72. The molecule has 0 saturated carbocycles. The summed E-state index contributed by atoms with van der Waals surface area (Å²) in [6.07, 6.45) is 0.518. The monoisotopic (exact) mass is 295 g/mol. The quantitative estimate of drug-likeness (QED) is 0.371. The Labute approximate surface area is 121 Å². The van der Waals surface area contributed by atoms with E-state index in [0.29, 0.717) is 19.5 Å². The summed E-state index contributed by atoms with van der Waals surface area (Å²) in [5, 5.41) is 25.5. The normalized spacial score (nSPS) is 11.7. The smallest absolute Gasteiger partial charge is 0.325 e. The largest absolute Gasteiger partial charge is 0.480 e. The van der Waals surface area contributed by atoms with Crippen molar-refractivity contribution in [3.8, 4) is 0 Å². The molecule has 1 atom stereocenters. The van der Waals surface area contributed by atoms with Crippen molar-refractivity contribution in [2.75, 3.05) is 13.1 Å². The standard InChI is InChI=1S/C13H17N3O5/c1-9(17)14-7-4-8-15-12(13(18)19)10-5-2-3-6-11(10)16(20)21/h2-3,5-6,12,15H,4,7-8H2,1H3,(H,14,17)(H,18,19). The molecule has 8 heteroatoms. The second-order valence-electron chi connectivity index (χ2n) is 4.38. The van der Waals surface area contributed by atoms with Crippen LogP contribution in [0.15, 0.2) is 24.3 Å². The van der Waals surface area contributed by atoms with Gasteiger partial charge in [0.2, 0.25) is 5.91 Å². The number of rotatable bonds is 8.